The largest absolute Gasteiger partial charge is 0.382 e. The van der Waals surface area contributed by atoms with Crippen molar-refractivity contribution in [1.82, 2.24) is 0 Å². The quantitative estimate of drug-likeness (QED) is 0.618. The van der Waals surface area contributed by atoms with Gasteiger partial charge in [0.05, 0.1) is 0 Å². The molecule has 0 heterocycles. The molecule has 68 valence electrons. The molecule has 11 heavy (non-hydrogen) atoms. The van der Waals surface area contributed by atoms with E-state index in [1.165, 1.54) is 0 Å². The first kappa shape index (κ1) is 13.1. The molecule has 0 radical (unpaired) electrons. The van der Waals surface area contributed by atoms with Crippen molar-refractivity contribution < 1.29 is 17.9 Å². The van der Waals surface area contributed by atoms with Gasteiger partial charge in [-0.25, -0.2) is 4.39 Å². The van der Waals surface area contributed by atoms with Gasteiger partial charge in [-0.15, -0.1) is 0 Å². The summed E-state index contributed by atoms with van der Waals surface area (Å²) in [6.07, 6.45) is -2.24. The lowest BCUT2D eigenvalue weighted by Crippen LogP contribution is -1.84. The van der Waals surface area contributed by atoms with E-state index >= 15 is 0 Å². The Balaban J connectivity index is 0. The van der Waals surface area contributed by atoms with E-state index in [-0.39, 0.29) is 0 Å². The molecular weight excluding hydrogens is 157 g/mol. The van der Waals surface area contributed by atoms with Gasteiger partial charge in [-0.2, -0.15) is 8.78 Å². The summed E-state index contributed by atoms with van der Waals surface area (Å²) in [6.45, 7) is 6.37. The highest BCUT2D eigenvalue weighted by molar-refractivity contribution is 4.84. The van der Waals surface area contributed by atoms with E-state index < -0.39 is 11.9 Å². The first-order valence-electron chi connectivity index (χ1n) is 3.31. The fraction of sp³-hybridized carbons (Fsp3) is 0.714. The number of ether oxygens (including phenoxy) is 1. The van der Waals surface area contributed by atoms with Gasteiger partial charge in [-0.05, 0) is 20.8 Å². The van der Waals surface area contributed by atoms with E-state index in [1.54, 1.807) is 0 Å². The third kappa shape index (κ3) is 17.7. The highest BCUT2D eigenvalue weighted by Crippen LogP contribution is 2.05. The standard InChI is InChI=1S/C4H10O.C3H3F3/c1-3-5-4-2;1-2(4)3(5)6/h3-4H2,1-2H3;1H3. The van der Waals surface area contributed by atoms with Crippen LogP contribution in [0.4, 0.5) is 13.2 Å². The smallest absolute Gasteiger partial charge is 0.301 e. The lowest BCUT2D eigenvalue weighted by Gasteiger charge is -1.86. The molecule has 0 fully saturated rings. The van der Waals surface area contributed by atoms with E-state index in [9.17, 15) is 13.2 Å². The number of hydrogen-bond acceptors (Lipinski definition) is 1. The molecule has 1 nitrogen and oxygen atoms in total. The van der Waals surface area contributed by atoms with Crippen molar-refractivity contribution in [3.63, 3.8) is 0 Å². The van der Waals surface area contributed by atoms with Crippen molar-refractivity contribution in [3.05, 3.63) is 11.9 Å². The Kier molecular flexibility index (Phi) is 11.3. The van der Waals surface area contributed by atoms with Crippen molar-refractivity contribution >= 4 is 0 Å². The average molecular weight is 170 g/mol. The van der Waals surface area contributed by atoms with Crippen molar-refractivity contribution in [3.8, 4) is 0 Å². The van der Waals surface area contributed by atoms with Crippen LogP contribution in [0.2, 0.25) is 0 Å². The molecule has 0 spiro atoms. The Morgan fingerprint density at radius 3 is 1.36 bits per heavy atom. The minimum absolute atomic E-state index is 0.704. The van der Waals surface area contributed by atoms with Crippen molar-refractivity contribution in [2.75, 3.05) is 13.2 Å². The summed E-state index contributed by atoms with van der Waals surface area (Å²) in [5, 5.41) is 0. The topological polar surface area (TPSA) is 9.23 Å². The maximum atomic E-state index is 11.0. The van der Waals surface area contributed by atoms with Gasteiger partial charge in [-0.3, -0.25) is 0 Å². The zero-order chi connectivity index (χ0) is 9.28. The predicted molar refractivity (Wildman–Crippen MR) is 38.2 cm³/mol. The fourth-order valence-electron chi connectivity index (χ4n) is 0.204. The van der Waals surface area contributed by atoms with Crippen LogP contribution in [0.25, 0.3) is 0 Å². The molecule has 0 saturated carbocycles. The summed E-state index contributed by atoms with van der Waals surface area (Å²) in [5.41, 5.74) is 0. The molecule has 0 unspecified atom stereocenters. The van der Waals surface area contributed by atoms with Crippen LogP contribution in [0, 0.1) is 0 Å². The minimum atomic E-state index is -2.24. The maximum Gasteiger partial charge on any atom is 0.301 e. The molecule has 0 saturated heterocycles. The van der Waals surface area contributed by atoms with Gasteiger partial charge in [0.2, 0.25) is 0 Å². The van der Waals surface area contributed by atoms with Gasteiger partial charge in [0.15, 0.2) is 5.83 Å². The monoisotopic (exact) mass is 170 g/mol. The average Bonchev–Trinajstić information content (AvgIpc) is 1.90. The van der Waals surface area contributed by atoms with Crippen molar-refractivity contribution in [2.45, 2.75) is 20.8 Å². The molecule has 0 bridgehead atoms. The lowest BCUT2D eigenvalue weighted by atomic mass is 10.7. The van der Waals surface area contributed by atoms with Crippen LogP contribution in [-0.4, -0.2) is 13.2 Å². The van der Waals surface area contributed by atoms with Gasteiger partial charge in [-0.1, -0.05) is 0 Å². The van der Waals surface area contributed by atoms with Gasteiger partial charge >= 0.3 is 6.08 Å². The van der Waals surface area contributed by atoms with E-state index in [4.69, 9.17) is 4.74 Å². The molecular formula is C7H13F3O. The molecule has 0 amide bonds. The molecule has 4 heteroatoms. The number of rotatable bonds is 2. The van der Waals surface area contributed by atoms with Crippen LogP contribution in [0.5, 0.6) is 0 Å². The Hall–Kier alpha value is -0.510. The van der Waals surface area contributed by atoms with E-state index in [0.717, 1.165) is 13.2 Å². The van der Waals surface area contributed by atoms with Crippen LogP contribution in [-0.2, 0) is 4.74 Å². The summed E-state index contributed by atoms with van der Waals surface area (Å²) in [6, 6.07) is 0. The predicted octanol–water partition coefficient (Wildman–Crippen LogP) is 3.13. The molecule has 0 aromatic carbocycles. The van der Waals surface area contributed by atoms with Gasteiger partial charge in [0.1, 0.15) is 0 Å². The first-order valence-corrected chi connectivity index (χ1v) is 3.31. The minimum Gasteiger partial charge on any atom is -0.382 e. The number of allylic oxidation sites excluding steroid dienone is 1. The van der Waals surface area contributed by atoms with Crippen molar-refractivity contribution in [1.29, 1.82) is 0 Å². The first-order chi connectivity index (χ1) is 5.06. The normalized spacial score (nSPS) is 8.18. The molecule has 0 N–H and O–H groups in total. The number of halogens is 3. The molecule has 0 aliphatic carbocycles. The van der Waals surface area contributed by atoms with E-state index in [1.807, 2.05) is 13.8 Å². The second kappa shape index (κ2) is 9.49. The van der Waals surface area contributed by atoms with E-state index in [2.05, 4.69) is 0 Å². The Bertz CT molecular complexity index is 92.3. The highest BCUT2D eigenvalue weighted by atomic mass is 19.3. The van der Waals surface area contributed by atoms with Crippen LogP contribution in [0.15, 0.2) is 11.9 Å². The molecule has 0 rings (SSSR count). The molecule has 0 aliphatic heterocycles. The Labute approximate surface area is 64.9 Å². The van der Waals surface area contributed by atoms with Gasteiger partial charge in [0, 0.05) is 13.2 Å². The molecule has 0 aromatic heterocycles. The summed E-state index contributed by atoms with van der Waals surface area (Å²) in [7, 11) is 0. The maximum absolute atomic E-state index is 11.0. The summed E-state index contributed by atoms with van der Waals surface area (Å²) < 4.78 is 37.1. The third-order valence-corrected chi connectivity index (χ3v) is 0.669. The second-order valence-electron chi connectivity index (χ2n) is 1.58. The second-order valence-corrected chi connectivity index (χ2v) is 1.58. The molecule has 0 aromatic rings. The van der Waals surface area contributed by atoms with Crippen LogP contribution in [0.1, 0.15) is 20.8 Å². The van der Waals surface area contributed by atoms with Gasteiger partial charge < -0.3 is 4.74 Å². The Morgan fingerprint density at radius 1 is 1.09 bits per heavy atom. The van der Waals surface area contributed by atoms with Crippen molar-refractivity contribution in [2.24, 2.45) is 0 Å². The SMILES string of the molecule is CC(F)=C(F)F.CCOCC. The summed E-state index contributed by atoms with van der Waals surface area (Å²) in [5.74, 6) is -1.41. The summed E-state index contributed by atoms with van der Waals surface area (Å²) in [4.78, 5) is 0. The lowest BCUT2D eigenvalue weighted by molar-refractivity contribution is 0.162. The molecule has 0 aliphatic rings. The third-order valence-electron chi connectivity index (χ3n) is 0.669. The zero-order valence-electron chi connectivity index (χ0n) is 6.96. The fourth-order valence-corrected chi connectivity index (χ4v) is 0.204. The Morgan fingerprint density at radius 2 is 1.36 bits per heavy atom. The van der Waals surface area contributed by atoms with Crippen LogP contribution in [0.3, 0.4) is 0 Å². The van der Waals surface area contributed by atoms with Crippen LogP contribution < -0.4 is 0 Å². The van der Waals surface area contributed by atoms with E-state index in [0.29, 0.717) is 6.92 Å². The van der Waals surface area contributed by atoms with Crippen LogP contribution >= 0.6 is 0 Å². The highest BCUT2D eigenvalue weighted by Gasteiger charge is 1.92. The number of hydrogen-bond donors (Lipinski definition) is 0. The van der Waals surface area contributed by atoms with Gasteiger partial charge in [0.25, 0.3) is 0 Å². The zero-order valence-corrected chi connectivity index (χ0v) is 6.96. The molecule has 0 atom stereocenters. The summed E-state index contributed by atoms with van der Waals surface area (Å²) >= 11 is 0.